The lowest BCUT2D eigenvalue weighted by atomic mass is 10.1. The van der Waals surface area contributed by atoms with Gasteiger partial charge in [0, 0.05) is 12.0 Å². The molecule has 0 saturated heterocycles. The van der Waals surface area contributed by atoms with E-state index in [2.05, 4.69) is 5.32 Å². The van der Waals surface area contributed by atoms with Crippen molar-refractivity contribution in [1.29, 1.82) is 0 Å². The molecule has 1 aromatic rings. The first-order chi connectivity index (χ1) is 8.20. The molecular formula is C12H17NO4S. The third-order valence-corrected chi connectivity index (χ3v) is 4.01. The van der Waals surface area contributed by atoms with Gasteiger partial charge in [-0.15, -0.1) is 11.3 Å². The molecule has 0 bridgehead atoms. The molecule has 1 amide bonds. The van der Waals surface area contributed by atoms with Crippen LogP contribution in [0.15, 0.2) is 0 Å². The molecule has 0 radical (unpaired) electrons. The molecule has 0 saturated carbocycles. The van der Waals surface area contributed by atoms with Crippen LogP contribution in [0.2, 0.25) is 0 Å². The minimum atomic E-state index is -1.04. The summed E-state index contributed by atoms with van der Waals surface area (Å²) in [6.45, 7) is 6.79. The van der Waals surface area contributed by atoms with Crippen LogP contribution in [-0.4, -0.2) is 29.7 Å². The number of carbonyl (C=O) groups excluding carboxylic acids is 1. The normalized spacial score (nSPS) is 11.4. The summed E-state index contributed by atoms with van der Waals surface area (Å²) in [6, 6.07) is 0. The predicted molar refractivity (Wildman–Crippen MR) is 70.5 cm³/mol. The van der Waals surface area contributed by atoms with E-state index in [1.807, 2.05) is 6.92 Å². The van der Waals surface area contributed by atoms with Crippen LogP contribution in [0.1, 0.15) is 34.6 Å². The molecule has 1 heterocycles. The number of nitrogens with one attached hydrogen (secondary N) is 1. The zero-order chi connectivity index (χ0) is 14.1. The number of carboxylic acids is 1. The summed E-state index contributed by atoms with van der Waals surface area (Å²) in [5.41, 5.74) is -0.169. The number of aromatic carboxylic acids is 1. The Kier molecular flexibility index (Phi) is 4.13. The largest absolute Gasteiger partial charge is 0.478 e. The highest BCUT2D eigenvalue weighted by Crippen LogP contribution is 2.33. The maximum atomic E-state index is 11.9. The van der Waals surface area contributed by atoms with E-state index in [0.29, 0.717) is 10.6 Å². The molecule has 1 rings (SSSR count). The van der Waals surface area contributed by atoms with Crippen molar-refractivity contribution < 1.29 is 19.4 Å². The number of hydrogen-bond acceptors (Lipinski definition) is 4. The lowest BCUT2D eigenvalue weighted by Gasteiger charge is -2.21. The third kappa shape index (κ3) is 2.70. The Morgan fingerprint density at radius 2 is 1.89 bits per heavy atom. The number of amides is 1. The average Bonchev–Trinajstić information content (AvgIpc) is 2.54. The summed E-state index contributed by atoms with van der Waals surface area (Å²) in [5.74, 6) is -1.41. The Labute approximate surface area is 110 Å². The molecule has 1 aromatic heterocycles. The molecule has 0 aliphatic heterocycles. The van der Waals surface area contributed by atoms with Crippen molar-refractivity contribution >= 4 is 28.2 Å². The van der Waals surface area contributed by atoms with Gasteiger partial charge in [-0.05, 0) is 33.3 Å². The first kappa shape index (κ1) is 14.7. The number of carbonyl (C=O) groups is 2. The molecule has 0 aliphatic rings. The van der Waals surface area contributed by atoms with Gasteiger partial charge in [-0.25, -0.2) is 4.79 Å². The number of thiophene rings is 1. The lowest BCUT2D eigenvalue weighted by Crippen LogP contribution is -2.38. The van der Waals surface area contributed by atoms with E-state index in [0.717, 1.165) is 4.88 Å². The molecule has 18 heavy (non-hydrogen) atoms. The van der Waals surface area contributed by atoms with Crippen LogP contribution in [0, 0.1) is 13.8 Å². The molecule has 0 atom stereocenters. The Bertz CT molecular complexity index is 491. The molecule has 0 unspecified atom stereocenters. The maximum absolute atomic E-state index is 11.9. The van der Waals surface area contributed by atoms with Gasteiger partial charge in [-0.3, -0.25) is 4.79 Å². The van der Waals surface area contributed by atoms with Gasteiger partial charge in [-0.1, -0.05) is 0 Å². The molecule has 5 nitrogen and oxygen atoms in total. The van der Waals surface area contributed by atoms with Gasteiger partial charge in [0.25, 0.3) is 5.91 Å². The standard InChI is InChI=1S/C12H17NO4S/c1-6-7(2)18-9(8(6)10(14)15)13-11(16)12(3,4)17-5/h1-5H3,(H,13,16)(H,14,15). The van der Waals surface area contributed by atoms with E-state index in [-0.39, 0.29) is 11.5 Å². The number of carboxylic acid groups (broad SMARTS) is 1. The first-order valence-corrected chi connectivity index (χ1v) is 6.22. The van der Waals surface area contributed by atoms with Crippen LogP contribution in [0.25, 0.3) is 0 Å². The number of aryl methyl sites for hydroxylation is 1. The highest BCUT2D eigenvalue weighted by molar-refractivity contribution is 7.16. The molecule has 6 heteroatoms. The predicted octanol–water partition coefficient (Wildman–Crippen LogP) is 2.43. The molecular weight excluding hydrogens is 254 g/mol. The fraction of sp³-hybridized carbons (Fsp3) is 0.500. The number of methoxy groups -OCH3 is 1. The van der Waals surface area contributed by atoms with Crippen LogP contribution in [0.5, 0.6) is 0 Å². The molecule has 2 N–H and O–H groups in total. The Morgan fingerprint density at radius 3 is 2.33 bits per heavy atom. The molecule has 100 valence electrons. The van der Waals surface area contributed by atoms with Gasteiger partial charge < -0.3 is 15.2 Å². The number of rotatable bonds is 4. The molecule has 0 aromatic carbocycles. The second kappa shape index (κ2) is 5.07. The van der Waals surface area contributed by atoms with Crippen LogP contribution in [0.4, 0.5) is 5.00 Å². The summed E-state index contributed by atoms with van der Waals surface area (Å²) >= 11 is 1.26. The average molecular weight is 271 g/mol. The summed E-state index contributed by atoms with van der Waals surface area (Å²) < 4.78 is 5.05. The van der Waals surface area contributed by atoms with Gasteiger partial charge in [0.2, 0.25) is 0 Å². The SMILES string of the molecule is COC(C)(C)C(=O)Nc1sc(C)c(C)c1C(=O)O. The third-order valence-electron chi connectivity index (χ3n) is 2.88. The number of hydrogen-bond donors (Lipinski definition) is 2. The first-order valence-electron chi connectivity index (χ1n) is 5.40. The minimum absolute atomic E-state index is 0.151. The second-order valence-corrected chi connectivity index (χ2v) is 5.69. The van der Waals surface area contributed by atoms with Crippen LogP contribution >= 0.6 is 11.3 Å². The highest BCUT2D eigenvalue weighted by atomic mass is 32.1. The molecule has 0 spiro atoms. The summed E-state index contributed by atoms with van der Waals surface area (Å²) in [5, 5.41) is 12.1. The number of ether oxygens (including phenoxy) is 1. The highest BCUT2D eigenvalue weighted by Gasteiger charge is 2.29. The van der Waals surface area contributed by atoms with Crippen molar-refractivity contribution in [2.45, 2.75) is 33.3 Å². The van der Waals surface area contributed by atoms with Crippen molar-refractivity contribution in [1.82, 2.24) is 0 Å². The van der Waals surface area contributed by atoms with Gasteiger partial charge in [-0.2, -0.15) is 0 Å². The van der Waals surface area contributed by atoms with E-state index in [4.69, 9.17) is 9.84 Å². The van der Waals surface area contributed by atoms with Crippen LogP contribution in [0.3, 0.4) is 0 Å². The zero-order valence-corrected chi connectivity index (χ0v) is 11.9. The zero-order valence-electron chi connectivity index (χ0n) is 11.1. The summed E-state index contributed by atoms with van der Waals surface area (Å²) in [6.07, 6.45) is 0. The fourth-order valence-electron chi connectivity index (χ4n) is 1.32. The Balaban J connectivity index is 3.09. The summed E-state index contributed by atoms with van der Waals surface area (Å²) in [4.78, 5) is 24.0. The summed E-state index contributed by atoms with van der Waals surface area (Å²) in [7, 11) is 1.43. The van der Waals surface area contributed by atoms with Crippen molar-refractivity contribution in [3.63, 3.8) is 0 Å². The van der Waals surface area contributed by atoms with Crippen molar-refractivity contribution in [3.05, 3.63) is 16.0 Å². The maximum Gasteiger partial charge on any atom is 0.338 e. The smallest absolute Gasteiger partial charge is 0.338 e. The van der Waals surface area contributed by atoms with Crippen LogP contribution < -0.4 is 5.32 Å². The van der Waals surface area contributed by atoms with Gasteiger partial charge >= 0.3 is 5.97 Å². The molecule has 0 aliphatic carbocycles. The Morgan fingerprint density at radius 1 is 1.33 bits per heavy atom. The Hall–Kier alpha value is -1.40. The van der Waals surface area contributed by atoms with Crippen molar-refractivity contribution in [3.8, 4) is 0 Å². The van der Waals surface area contributed by atoms with E-state index < -0.39 is 11.6 Å². The number of anilines is 1. The van der Waals surface area contributed by atoms with E-state index >= 15 is 0 Å². The minimum Gasteiger partial charge on any atom is -0.478 e. The van der Waals surface area contributed by atoms with E-state index in [1.165, 1.54) is 18.4 Å². The topological polar surface area (TPSA) is 75.6 Å². The second-order valence-electron chi connectivity index (χ2n) is 4.46. The van der Waals surface area contributed by atoms with Gasteiger partial charge in [0.05, 0.1) is 5.56 Å². The van der Waals surface area contributed by atoms with E-state index in [1.54, 1.807) is 20.8 Å². The molecule has 0 fully saturated rings. The monoisotopic (exact) mass is 271 g/mol. The van der Waals surface area contributed by atoms with Crippen molar-refractivity contribution in [2.75, 3.05) is 12.4 Å². The quantitative estimate of drug-likeness (QED) is 0.881. The van der Waals surface area contributed by atoms with Crippen LogP contribution in [-0.2, 0) is 9.53 Å². The van der Waals surface area contributed by atoms with Gasteiger partial charge in [0.15, 0.2) is 0 Å². The fourth-order valence-corrected chi connectivity index (χ4v) is 2.37. The van der Waals surface area contributed by atoms with Crippen molar-refractivity contribution in [2.24, 2.45) is 0 Å². The van der Waals surface area contributed by atoms with E-state index in [9.17, 15) is 9.59 Å². The lowest BCUT2D eigenvalue weighted by molar-refractivity contribution is -0.133. The van der Waals surface area contributed by atoms with Gasteiger partial charge in [0.1, 0.15) is 10.6 Å².